The Bertz CT molecular complexity index is 454. The van der Waals surface area contributed by atoms with E-state index in [1.54, 1.807) is 6.20 Å². The molecule has 0 bridgehead atoms. The molecule has 1 heterocycles. The normalized spacial score (nSPS) is 23.6. The lowest BCUT2D eigenvalue weighted by Crippen LogP contribution is -2.25. The average Bonchev–Trinajstić information content (AvgIpc) is 2.47. The predicted molar refractivity (Wildman–Crippen MR) is 75.4 cm³/mol. The van der Waals surface area contributed by atoms with Crippen LogP contribution in [0.3, 0.4) is 0 Å². The minimum absolute atomic E-state index is 0.240. The van der Waals surface area contributed by atoms with Crippen LogP contribution in [-0.2, 0) is 0 Å². The predicted octanol–water partition coefficient (Wildman–Crippen LogP) is 2.14. The molecule has 0 amide bonds. The summed E-state index contributed by atoms with van der Waals surface area (Å²) < 4.78 is 0. The van der Waals surface area contributed by atoms with Gasteiger partial charge in [-0.1, -0.05) is 6.07 Å². The van der Waals surface area contributed by atoms with Gasteiger partial charge in [-0.05, 0) is 43.7 Å². The van der Waals surface area contributed by atoms with Gasteiger partial charge in [0.15, 0.2) is 5.96 Å². The van der Waals surface area contributed by atoms with Crippen LogP contribution >= 0.6 is 0 Å². The lowest BCUT2D eigenvalue weighted by molar-refractivity contribution is 0.322. The van der Waals surface area contributed by atoms with Crippen molar-refractivity contribution in [2.75, 3.05) is 11.9 Å². The van der Waals surface area contributed by atoms with Gasteiger partial charge in [-0.3, -0.25) is 4.99 Å². The summed E-state index contributed by atoms with van der Waals surface area (Å²) in [5.74, 6) is 1.90. The second-order valence-electron chi connectivity index (χ2n) is 4.91. The molecule has 0 atom stereocenters. The summed E-state index contributed by atoms with van der Waals surface area (Å²) in [4.78, 5) is 8.48. The smallest absolute Gasteiger partial charge is 0.194 e. The fourth-order valence-electron chi connectivity index (χ4n) is 2.31. The topological polar surface area (TPSA) is 87.1 Å². The number of nitrogens with two attached hydrogens (primary N) is 1. The Morgan fingerprint density at radius 1 is 1.42 bits per heavy atom. The first-order valence-electron chi connectivity index (χ1n) is 6.65. The molecule has 0 spiro atoms. The van der Waals surface area contributed by atoms with E-state index in [0.717, 1.165) is 32.2 Å². The first kappa shape index (κ1) is 13.3. The van der Waals surface area contributed by atoms with Crippen molar-refractivity contribution in [1.82, 2.24) is 4.98 Å². The zero-order valence-electron chi connectivity index (χ0n) is 10.9. The first-order chi connectivity index (χ1) is 9.28. The number of aromatic nitrogens is 1. The molecule has 0 saturated heterocycles. The third kappa shape index (κ3) is 4.25. The molecule has 0 radical (unpaired) electrons. The zero-order valence-corrected chi connectivity index (χ0v) is 10.9. The van der Waals surface area contributed by atoms with Crippen LogP contribution in [0.4, 0.5) is 5.82 Å². The van der Waals surface area contributed by atoms with E-state index in [0.29, 0.717) is 17.7 Å². The molecule has 2 rings (SSSR count). The quantitative estimate of drug-likeness (QED) is 0.641. The maximum absolute atomic E-state index is 8.85. The zero-order chi connectivity index (χ0) is 13.5. The van der Waals surface area contributed by atoms with E-state index in [9.17, 15) is 0 Å². The van der Waals surface area contributed by atoms with Gasteiger partial charge >= 0.3 is 0 Å². The summed E-state index contributed by atoms with van der Waals surface area (Å²) in [6.45, 7) is 0.726. The molecular formula is C14H19N5. The van der Waals surface area contributed by atoms with E-state index < -0.39 is 0 Å². The Morgan fingerprint density at radius 2 is 2.21 bits per heavy atom. The number of hydrogen-bond acceptors (Lipinski definition) is 3. The van der Waals surface area contributed by atoms with Crippen LogP contribution in [-0.4, -0.2) is 17.5 Å². The summed E-state index contributed by atoms with van der Waals surface area (Å²) in [5.41, 5.74) is 5.82. The Morgan fingerprint density at radius 3 is 2.84 bits per heavy atom. The van der Waals surface area contributed by atoms with E-state index in [2.05, 4.69) is 21.4 Å². The monoisotopic (exact) mass is 257 g/mol. The van der Waals surface area contributed by atoms with Gasteiger partial charge in [-0.2, -0.15) is 5.26 Å². The van der Waals surface area contributed by atoms with Crippen molar-refractivity contribution in [3.05, 3.63) is 24.4 Å². The second-order valence-corrected chi connectivity index (χ2v) is 4.91. The number of nitriles is 1. The first-order valence-corrected chi connectivity index (χ1v) is 6.65. The number of nitrogens with one attached hydrogen (secondary N) is 1. The average molecular weight is 257 g/mol. The molecule has 19 heavy (non-hydrogen) atoms. The fraction of sp³-hybridized carbons (Fsp3) is 0.500. The molecular weight excluding hydrogens is 238 g/mol. The molecule has 0 unspecified atom stereocenters. The molecule has 0 aromatic carbocycles. The van der Waals surface area contributed by atoms with Crippen molar-refractivity contribution in [3.63, 3.8) is 0 Å². The Balaban J connectivity index is 1.78. The van der Waals surface area contributed by atoms with Crippen molar-refractivity contribution in [3.8, 4) is 6.07 Å². The van der Waals surface area contributed by atoms with Crippen molar-refractivity contribution in [1.29, 1.82) is 5.26 Å². The molecule has 0 aliphatic heterocycles. The Hall–Kier alpha value is -2.09. The highest BCUT2D eigenvalue weighted by molar-refractivity contribution is 5.91. The molecule has 5 nitrogen and oxygen atoms in total. The number of nitrogens with zero attached hydrogens (tertiary/aromatic N) is 3. The molecule has 1 aromatic heterocycles. The highest BCUT2D eigenvalue weighted by Gasteiger charge is 2.20. The van der Waals surface area contributed by atoms with Gasteiger partial charge in [-0.25, -0.2) is 4.98 Å². The van der Waals surface area contributed by atoms with Gasteiger partial charge in [0.05, 0.1) is 6.07 Å². The maximum Gasteiger partial charge on any atom is 0.194 e. The summed E-state index contributed by atoms with van der Waals surface area (Å²) in [7, 11) is 0. The van der Waals surface area contributed by atoms with Crippen molar-refractivity contribution >= 4 is 11.8 Å². The number of rotatable bonds is 3. The van der Waals surface area contributed by atoms with Crippen LogP contribution in [0.15, 0.2) is 29.4 Å². The number of hydrogen-bond donors (Lipinski definition) is 2. The molecule has 1 aromatic rings. The lowest BCUT2D eigenvalue weighted by Gasteiger charge is -2.23. The van der Waals surface area contributed by atoms with E-state index in [1.165, 1.54) is 0 Å². The van der Waals surface area contributed by atoms with Gasteiger partial charge in [0.25, 0.3) is 0 Å². The van der Waals surface area contributed by atoms with Gasteiger partial charge in [-0.15, -0.1) is 0 Å². The maximum atomic E-state index is 8.85. The SMILES string of the molecule is N#CC1CCC(CN=C(N)Nc2ccccn2)CC1. The van der Waals surface area contributed by atoms with Gasteiger partial charge in [0, 0.05) is 18.7 Å². The second kappa shape index (κ2) is 6.74. The van der Waals surface area contributed by atoms with E-state index in [-0.39, 0.29) is 5.92 Å². The molecule has 1 aliphatic carbocycles. The van der Waals surface area contributed by atoms with E-state index in [4.69, 9.17) is 11.0 Å². The molecule has 1 aliphatic rings. The fourth-order valence-corrected chi connectivity index (χ4v) is 2.31. The van der Waals surface area contributed by atoms with Gasteiger partial charge in [0.1, 0.15) is 5.82 Å². The van der Waals surface area contributed by atoms with Gasteiger partial charge in [0.2, 0.25) is 0 Å². The highest BCUT2D eigenvalue weighted by atomic mass is 15.1. The number of pyridine rings is 1. The summed E-state index contributed by atoms with van der Waals surface area (Å²) in [6, 6.07) is 7.94. The highest BCUT2D eigenvalue weighted by Crippen LogP contribution is 2.28. The van der Waals surface area contributed by atoms with Gasteiger partial charge < -0.3 is 11.1 Å². The summed E-state index contributed by atoms with van der Waals surface area (Å²) in [6.07, 6.45) is 5.82. The largest absolute Gasteiger partial charge is 0.370 e. The molecule has 5 heteroatoms. The van der Waals surface area contributed by atoms with Crippen LogP contribution in [0.1, 0.15) is 25.7 Å². The Labute approximate surface area is 113 Å². The van der Waals surface area contributed by atoms with Crippen LogP contribution < -0.4 is 11.1 Å². The summed E-state index contributed by atoms with van der Waals surface area (Å²) >= 11 is 0. The minimum Gasteiger partial charge on any atom is -0.370 e. The van der Waals surface area contributed by atoms with Crippen LogP contribution in [0.2, 0.25) is 0 Å². The third-order valence-corrected chi connectivity index (χ3v) is 3.47. The van der Waals surface area contributed by atoms with E-state index >= 15 is 0 Å². The van der Waals surface area contributed by atoms with E-state index in [1.807, 2.05) is 18.2 Å². The minimum atomic E-state index is 0.240. The molecule has 1 fully saturated rings. The van der Waals surface area contributed by atoms with Crippen molar-refractivity contribution in [2.24, 2.45) is 22.6 Å². The van der Waals surface area contributed by atoms with Crippen LogP contribution in [0.5, 0.6) is 0 Å². The number of anilines is 1. The number of aliphatic imine (C=N–C) groups is 1. The number of guanidine groups is 1. The van der Waals surface area contributed by atoms with Crippen LogP contribution in [0.25, 0.3) is 0 Å². The molecule has 3 N–H and O–H groups in total. The Kier molecular flexibility index (Phi) is 4.73. The third-order valence-electron chi connectivity index (χ3n) is 3.47. The van der Waals surface area contributed by atoms with Crippen LogP contribution in [0, 0.1) is 23.2 Å². The van der Waals surface area contributed by atoms with Crippen molar-refractivity contribution in [2.45, 2.75) is 25.7 Å². The molecule has 1 saturated carbocycles. The van der Waals surface area contributed by atoms with Crippen molar-refractivity contribution < 1.29 is 0 Å². The molecule has 100 valence electrons. The lowest BCUT2D eigenvalue weighted by atomic mass is 9.83. The standard InChI is InChI=1S/C14H19N5/c15-9-11-4-6-12(7-5-11)10-18-14(16)19-13-3-1-2-8-17-13/h1-3,8,11-12H,4-7,10H2,(H3,16,17,18,19). The summed E-state index contributed by atoms with van der Waals surface area (Å²) in [5, 5.41) is 11.8.